The van der Waals surface area contributed by atoms with Crippen molar-refractivity contribution in [2.45, 2.75) is 32.1 Å². The third-order valence-electron chi connectivity index (χ3n) is 6.15. The Kier molecular flexibility index (Phi) is 14.4. The Hall–Kier alpha value is -5.81. The molecule has 0 atom stereocenters. The number of carboxylic acids is 2. The maximum absolute atomic E-state index is 12.3. The number of para-hydroxylation sites is 1. The molecule has 18 heteroatoms. The summed E-state index contributed by atoms with van der Waals surface area (Å²) in [7, 11) is 1.59. The maximum atomic E-state index is 12.3. The highest BCUT2D eigenvalue weighted by Gasteiger charge is 2.38. The zero-order valence-electron chi connectivity index (χ0n) is 25.9. The van der Waals surface area contributed by atoms with Gasteiger partial charge < -0.3 is 36.1 Å². The number of carbonyl (C=O) groups is 3. The predicted octanol–water partition coefficient (Wildman–Crippen LogP) is 6.19. The summed E-state index contributed by atoms with van der Waals surface area (Å²) in [6.07, 6.45) is -3.56. The van der Waals surface area contributed by atoms with Crippen LogP contribution in [0.15, 0.2) is 67.1 Å². The average molecular weight is 700 g/mol. The quantitative estimate of drug-likeness (QED) is 0.0888. The largest absolute Gasteiger partial charge is 0.493 e. The minimum absolute atomic E-state index is 0.307. The highest BCUT2D eigenvalue weighted by molar-refractivity contribution is 6.08. The van der Waals surface area contributed by atoms with E-state index >= 15 is 0 Å². The molecule has 2 heterocycles. The number of fused-ring (bicyclic) bond motifs is 1. The van der Waals surface area contributed by atoms with E-state index in [9.17, 15) is 31.1 Å². The zero-order valence-corrected chi connectivity index (χ0v) is 25.9. The van der Waals surface area contributed by atoms with Gasteiger partial charge in [0, 0.05) is 48.0 Å². The number of ether oxygens (including phenoxy) is 2. The van der Waals surface area contributed by atoms with E-state index in [1.807, 2.05) is 48.5 Å². The second kappa shape index (κ2) is 17.9. The molecule has 0 fully saturated rings. The fraction of sp³-hybridized carbons (Fsp3) is 0.258. The van der Waals surface area contributed by atoms with Gasteiger partial charge in [-0.25, -0.2) is 9.59 Å². The lowest BCUT2D eigenvalue weighted by Crippen LogP contribution is -2.21. The third kappa shape index (κ3) is 12.4. The molecule has 4 aromatic rings. The Morgan fingerprint density at radius 2 is 1.51 bits per heavy atom. The fourth-order valence-electron chi connectivity index (χ4n) is 3.84. The molecule has 0 unspecified atom stereocenters. The molecule has 2 aromatic heterocycles. The summed E-state index contributed by atoms with van der Waals surface area (Å²) in [5.41, 5.74) is 10.3. The van der Waals surface area contributed by atoms with Crippen LogP contribution in [-0.2, 0) is 16.0 Å². The van der Waals surface area contributed by atoms with Crippen molar-refractivity contribution in [1.82, 2.24) is 9.97 Å². The Balaban J connectivity index is 0.000000500. The van der Waals surface area contributed by atoms with E-state index < -0.39 is 30.2 Å². The molecule has 264 valence electrons. The SMILES string of the molecule is CCc1ccccc1Nc1c(C(N)=O)cnc2cc(OC)c(OCCCNc3ccncc3)cc12.O=C(O)C(F)(F)F.O=C(O)C(F)(F)F. The molecule has 0 saturated carbocycles. The van der Waals surface area contributed by atoms with Crippen molar-refractivity contribution in [2.24, 2.45) is 5.73 Å². The second-order valence-corrected chi connectivity index (χ2v) is 9.54. The molecule has 1 amide bonds. The van der Waals surface area contributed by atoms with Crippen LogP contribution in [0.2, 0.25) is 0 Å². The molecule has 0 aliphatic rings. The van der Waals surface area contributed by atoms with Crippen LogP contribution in [0.25, 0.3) is 10.9 Å². The molecule has 0 saturated heterocycles. The number of aryl methyl sites for hydroxylation is 1. The number of pyridine rings is 2. The van der Waals surface area contributed by atoms with Crippen molar-refractivity contribution in [3.8, 4) is 11.5 Å². The van der Waals surface area contributed by atoms with Gasteiger partial charge >= 0.3 is 24.3 Å². The molecular weight excluding hydrogens is 668 g/mol. The lowest BCUT2D eigenvalue weighted by Gasteiger charge is -2.18. The van der Waals surface area contributed by atoms with Gasteiger partial charge in [-0.3, -0.25) is 14.8 Å². The molecule has 6 N–H and O–H groups in total. The number of aliphatic carboxylic acids is 2. The number of carbonyl (C=O) groups excluding carboxylic acids is 1. The number of hydrogen-bond acceptors (Lipinski definition) is 9. The number of nitrogens with one attached hydrogen (secondary N) is 2. The van der Waals surface area contributed by atoms with Crippen molar-refractivity contribution in [3.05, 3.63) is 78.2 Å². The van der Waals surface area contributed by atoms with Crippen molar-refractivity contribution >= 4 is 45.8 Å². The summed E-state index contributed by atoms with van der Waals surface area (Å²) in [5, 5.41) is 21.7. The van der Waals surface area contributed by atoms with Crippen molar-refractivity contribution in [2.75, 3.05) is 30.9 Å². The fourth-order valence-corrected chi connectivity index (χ4v) is 3.84. The van der Waals surface area contributed by atoms with Gasteiger partial charge in [0.15, 0.2) is 11.5 Å². The molecule has 0 aliphatic heterocycles. The first-order valence-corrected chi connectivity index (χ1v) is 14.0. The first kappa shape index (κ1) is 39.4. The van der Waals surface area contributed by atoms with Crippen LogP contribution in [0.3, 0.4) is 0 Å². The Labute approximate surface area is 274 Å². The second-order valence-electron chi connectivity index (χ2n) is 9.54. The monoisotopic (exact) mass is 699 g/mol. The number of alkyl halides is 6. The van der Waals surface area contributed by atoms with E-state index in [1.165, 1.54) is 6.20 Å². The van der Waals surface area contributed by atoms with Gasteiger partial charge in [0.2, 0.25) is 0 Å². The number of benzene rings is 2. The number of primary amides is 1. The van der Waals surface area contributed by atoms with Crippen LogP contribution >= 0.6 is 0 Å². The van der Waals surface area contributed by atoms with Gasteiger partial charge in [0.25, 0.3) is 5.91 Å². The molecule has 49 heavy (non-hydrogen) atoms. The summed E-state index contributed by atoms with van der Waals surface area (Å²) < 4.78 is 75.1. The van der Waals surface area contributed by atoms with Crippen LogP contribution in [-0.4, -0.2) is 70.6 Å². The number of halogens is 6. The van der Waals surface area contributed by atoms with Crippen LogP contribution < -0.4 is 25.8 Å². The molecule has 12 nitrogen and oxygen atoms in total. The summed E-state index contributed by atoms with van der Waals surface area (Å²) >= 11 is 0. The minimum Gasteiger partial charge on any atom is -0.493 e. The van der Waals surface area contributed by atoms with Crippen LogP contribution in [0, 0.1) is 0 Å². The maximum Gasteiger partial charge on any atom is 0.490 e. The number of methoxy groups -OCH3 is 1. The topological polar surface area (TPSA) is 186 Å². The number of anilines is 3. The predicted molar refractivity (Wildman–Crippen MR) is 166 cm³/mol. The Morgan fingerprint density at radius 1 is 0.918 bits per heavy atom. The molecule has 0 radical (unpaired) electrons. The van der Waals surface area contributed by atoms with Crippen molar-refractivity contribution in [1.29, 1.82) is 0 Å². The lowest BCUT2D eigenvalue weighted by molar-refractivity contribution is -0.193. The van der Waals surface area contributed by atoms with E-state index in [2.05, 4.69) is 27.5 Å². The number of hydrogen-bond donors (Lipinski definition) is 5. The minimum atomic E-state index is -5.08. The first-order valence-electron chi connectivity index (χ1n) is 14.0. The summed E-state index contributed by atoms with van der Waals surface area (Å²) in [5.74, 6) is -4.94. The van der Waals surface area contributed by atoms with Gasteiger partial charge in [0.1, 0.15) is 0 Å². The highest BCUT2D eigenvalue weighted by Crippen LogP contribution is 2.38. The molecule has 0 aliphatic carbocycles. The average Bonchev–Trinajstić information content (AvgIpc) is 3.04. The molecular formula is C31H31F6N5O7. The molecule has 0 spiro atoms. The van der Waals surface area contributed by atoms with Gasteiger partial charge in [-0.2, -0.15) is 26.3 Å². The number of carboxylic acid groups (broad SMARTS) is 2. The lowest BCUT2D eigenvalue weighted by atomic mass is 10.1. The Morgan fingerprint density at radius 3 is 2.04 bits per heavy atom. The summed E-state index contributed by atoms with van der Waals surface area (Å²) in [6, 6.07) is 15.5. The van der Waals surface area contributed by atoms with Crippen molar-refractivity contribution in [3.63, 3.8) is 0 Å². The highest BCUT2D eigenvalue weighted by atomic mass is 19.4. The van der Waals surface area contributed by atoms with E-state index in [1.54, 1.807) is 19.5 Å². The van der Waals surface area contributed by atoms with E-state index in [0.717, 1.165) is 41.7 Å². The molecule has 4 rings (SSSR count). The first-order chi connectivity index (χ1) is 23.0. The zero-order chi connectivity index (χ0) is 36.8. The smallest absolute Gasteiger partial charge is 0.490 e. The number of aromatic nitrogens is 2. The van der Waals surface area contributed by atoms with Gasteiger partial charge in [0.05, 0.1) is 30.5 Å². The van der Waals surface area contributed by atoms with E-state index in [4.69, 9.17) is 35.0 Å². The summed E-state index contributed by atoms with van der Waals surface area (Å²) in [6.45, 7) is 3.30. The normalized spacial score (nSPS) is 10.9. The van der Waals surface area contributed by atoms with E-state index in [0.29, 0.717) is 34.9 Å². The summed E-state index contributed by atoms with van der Waals surface area (Å²) in [4.78, 5) is 38.5. The molecule has 2 aromatic carbocycles. The number of nitrogens with zero attached hydrogens (tertiary/aromatic N) is 2. The number of nitrogens with two attached hydrogens (primary N) is 1. The number of amides is 1. The van der Waals surface area contributed by atoms with Crippen LogP contribution in [0.5, 0.6) is 11.5 Å². The van der Waals surface area contributed by atoms with Gasteiger partial charge in [-0.15, -0.1) is 0 Å². The van der Waals surface area contributed by atoms with Crippen LogP contribution in [0.4, 0.5) is 43.4 Å². The molecule has 0 bridgehead atoms. The van der Waals surface area contributed by atoms with Gasteiger partial charge in [-0.1, -0.05) is 25.1 Å². The van der Waals surface area contributed by atoms with Crippen LogP contribution in [0.1, 0.15) is 29.3 Å². The standard InChI is InChI=1S/C27H29N5O3.2C2HF3O2/c1-3-18-7-4-5-8-22(18)32-26-20-15-25(35-14-6-11-30-19-9-12-29-13-10-19)24(34-2)16-23(20)31-17-21(26)27(28)33;2*3-2(4,5)1(6)7/h4-5,7-10,12-13,15-17H,3,6,11,14H2,1-2H3,(H2,28,33)(H,29,30)(H,31,32);2*(H,6,7). The van der Waals surface area contributed by atoms with E-state index in [-0.39, 0.29) is 0 Å². The third-order valence-corrected chi connectivity index (χ3v) is 6.15. The Bertz CT molecular complexity index is 1700. The number of rotatable bonds is 11. The van der Waals surface area contributed by atoms with Gasteiger partial charge in [-0.05, 0) is 42.7 Å². The van der Waals surface area contributed by atoms with Crippen molar-refractivity contribution < 1.29 is 60.4 Å².